The van der Waals surface area contributed by atoms with Gasteiger partial charge in [0.25, 0.3) is 0 Å². The van der Waals surface area contributed by atoms with Crippen molar-refractivity contribution in [3.8, 4) is 17.1 Å². The molecule has 0 aliphatic carbocycles. The van der Waals surface area contributed by atoms with Gasteiger partial charge in [-0.1, -0.05) is 23.7 Å². The van der Waals surface area contributed by atoms with Crippen LogP contribution in [0.5, 0.6) is 0 Å². The summed E-state index contributed by atoms with van der Waals surface area (Å²) in [6, 6.07) is 11.1. The third-order valence-electron chi connectivity index (χ3n) is 2.79. The standard InChI is InChI=1S/C13H9ClFN5/c14-12-10(5-2-6-11(12)16)13-17-18-19-20(13)9-4-1-3-8(15)7-9/h1-7H,16H2. The predicted octanol–water partition coefficient (Wildman–Crippen LogP) is 2.70. The number of tetrazole rings is 1. The Labute approximate surface area is 118 Å². The summed E-state index contributed by atoms with van der Waals surface area (Å²) in [6.45, 7) is 0. The molecule has 0 spiro atoms. The first-order valence-corrected chi connectivity index (χ1v) is 6.13. The van der Waals surface area contributed by atoms with Crippen molar-refractivity contribution in [2.45, 2.75) is 0 Å². The van der Waals surface area contributed by atoms with E-state index in [9.17, 15) is 4.39 Å². The minimum Gasteiger partial charge on any atom is -0.398 e. The number of nitrogens with two attached hydrogens (primary N) is 1. The molecule has 1 aromatic heterocycles. The molecule has 2 N–H and O–H groups in total. The average molecular weight is 290 g/mol. The number of rotatable bonds is 2. The van der Waals surface area contributed by atoms with Gasteiger partial charge in [0.2, 0.25) is 0 Å². The Morgan fingerprint density at radius 1 is 1.15 bits per heavy atom. The van der Waals surface area contributed by atoms with Crippen LogP contribution in [0.15, 0.2) is 42.5 Å². The van der Waals surface area contributed by atoms with Gasteiger partial charge in [-0.05, 0) is 40.8 Å². The van der Waals surface area contributed by atoms with E-state index in [-0.39, 0.29) is 5.82 Å². The van der Waals surface area contributed by atoms with Gasteiger partial charge in [0.05, 0.1) is 16.4 Å². The van der Waals surface area contributed by atoms with Crippen LogP contribution in [-0.2, 0) is 0 Å². The highest BCUT2D eigenvalue weighted by Crippen LogP contribution is 2.31. The zero-order valence-electron chi connectivity index (χ0n) is 10.2. The van der Waals surface area contributed by atoms with E-state index in [1.165, 1.54) is 16.8 Å². The maximum Gasteiger partial charge on any atom is 0.188 e. The fourth-order valence-electron chi connectivity index (χ4n) is 1.86. The Morgan fingerprint density at radius 3 is 2.75 bits per heavy atom. The first-order valence-electron chi connectivity index (χ1n) is 5.75. The summed E-state index contributed by atoms with van der Waals surface area (Å²) in [5.74, 6) is 0.0236. The van der Waals surface area contributed by atoms with Gasteiger partial charge in [-0.25, -0.2) is 4.39 Å². The number of hydrogen-bond donors (Lipinski definition) is 1. The van der Waals surface area contributed by atoms with Crippen LogP contribution in [0.4, 0.5) is 10.1 Å². The van der Waals surface area contributed by atoms with Crippen molar-refractivity contribution in [3.63, 3.8) is 0 Å². The largest absolute Gasteiger partial charge is 0.398 e. The van der Waals surface area contributed by atoms with Crippen LogP contribution in [-0.4, -0.2) is 20.2 Å². The third-order valence-corrected chi connectivity index (χ3v) is 3.21. The third kappa shape index (κ3) is 2.10. The number of halogens is 2. The van der Waals surface area contributed by atoms with E-state index < -0.39 is 0 Å². The molecule has 0 bridgehead atoms. The lowest BCUT2D eigenvalue weighted by atomic mass is 10.2. The van der Waals surface area contributed by atoms with E-state index in [0.29, 0.717) is 27.8 Å². The second-order valence-electron chi connectivity index (χ2n) is 4.10. The van der Waals surface area contributed by atoms with Crippen LogP contribution in [0.25, 0.3) is 17.1 Å². The van der Waals surface area contributed by atoms with Gasteiger partial charge in [-0.3, -0.25) is 0 Å². The molecule has 2 aromatic carbocycles. The summed E-state index contributed by atoms with van der Waals surface area (Å²) in [7, 11) is 0. The van der Waals surface area contributed by atoms with Crippen LogP contribution < -0.4 is 5.73 Å². The van der Waals surface area contributed by atoms with Gasteiger partial charge in [-0.2, -0.15) is 4.68 Å². The average Bonchev–Trinajstić information content (AvgIpc) is 2.91. The number of hydrogen-bond acceptors (Lipinski definition) is 4. The molecule has 1 heterocycles. The van der Waals surface area contributed by atoms with Gasteiger partial charge in [0.1, 0.15) is 5.82 Å². The van der Waals surface area contributed by atoms with Crippen LogP contribution >= 0.6 is 11.6 Å². The number of nitrogen functional groups attached to an aromatic ring is 1. The second kappa shape index (κ2) is 4.90. The maximum absolute atomic E-state index is 13.3. The SMILES string of the molecule is Nc1cccc(-c2nnnn2-c2cccc(F)c2)c1Cl. The highest BCUT2D eigenvalue weighted by atomic mass is 35.5. The van der Waals surface area contributed by atoms with E-state index in [4.69, 9.17) is 17.3 Å². The van der Waals surface area contributed by atoms with Crippen molar-refractivity contribution >= 4 is 17.3 Å². The van der Waals surface area contributed by atoms with Crippen LogP contribution in [0.2, 0.25) is 5.02 Å². The molecule has 0 atom stereocenters. The molecule has 0 fully saturated rings. The molecule has 0 aliphatic heterocycles. The summed E-state index contributed by atoms with van der Waals surface area (Å²) in [5.41, 5.74) is 7.29. The molecule has 0 saturated carbocycles. The molecule has 3 aromatic rings. The lowest BCUT2D eigenvalue weighted by Crippen LogP contribution is -2.01. The number of anilines is 1. The van der Waals surface area contributed by atoms with Gasteiger partial charge >= 0.3 is 0 Å². The lowest BCUT2D eigenvalue weighted by molar-refractivity contribution is 0.625. The highest BCUT2D eigenvalue weighted by Gasteiger charge is 2.15. The Kier molecular flexibility index (Phi) is 3.08. The van der Waals surface area contributed by atoms with Crippen molar-refractivity contribution in [2.75, 3.05) is 5.73 Å². The fraction of sp³-hybridized carbons (Fsp3) is 0. The van der Waals surface area contributed by atoms with E-state index in [0.717, 1.165) is 0 Å². The number of nitrogens with zero attached hydrogens (tertiary/aromatic N) is 4. The van der Waals surface area contributed by atoms with Gasteiger partial charge in [0.15, 0.2) is 5.82 Å². The molecule has 3 rings (SSSR count). The van der Waals surface area contributed by atoms with Gasteiger partial charge < -0.3 is 5.73 Å². The summed E-state index contributed by atoms with van der Waals surface area (Å²) in [6.07, 6.45) is 0. The van der Waals surface area contributed by atoms with Gasteiger partial charge in [0, 0.05) is 5.56 Å². The summed E-state index contributed by atoms with van der Waals surface area (Å²) in [5, 5.41) is 11.8. The second-order valence-corrected chi connectivity index (χ2v) is 4.48. The zero-order chi connectivity index (χ0) is 14.1. The van der Waals surface area contributed by atoms with E-state index in [1.807, 2.05) is 0 Å². The molecular formula is C13H9ClFN5. The fourth-order valence-corrected chi connectivity index (χ4v) is 2.07. The van der Waals surface area contributed by atoms with E-state index >= 15 is 0 Å². The molecule has 5 nitrogen and oxygen atoms in total. The summed E-state index contributed by atoms with van der Waals surface area (Å²) in [4.78, 5) is 0. The number of benzene rings is 2. The minimum absolute atomic E-state index is 0.361. The molecule has 7 heteroatoms. The van der Waals surface area contributed by atoms with Crippen LogP contribution in [0.1, 0.15) is 0 Å². The Morgan fingerprint density at radius 2 is 1.95 bits per heavy atom. The first-order chi connectivity index (χ1) is 9.66. The zero-order valence-corrected chi connectivity index (χ0v) is 10.9. The maximum atomic E-state index is 13.3. The van der Waals surface area contributed by atoms with Crippen LogP contribution in [0, 0.1) is 5.82 Å². The van der Waals surface area contributed by atoms with Crippen LogP contribution in [0.3, 0.4) is 0 Å². The molecular weight excluding hydrogens is 281 g/mol. The minimum atomic E-state index is -0.373. The topological polar surface area (TPSA) is 69.6 Å². The molecule has 20 heavy (non-hydrogen) atoms. The van der Waals surface area contributed by atoms with Crippen molar-refractivity contribution in [1.82, 2.24) is 20.2 Å². The normalized spacial score (nSPS) is 10.7. The summed E-state index contributed by atoms with van der Waals surface area (Å²) < 4.78 is 14.7. The van der Waals surface area contributed by atoms with Crippen molar-refractivity contribution < 1.29 is 4.39 Å². The predicted molar refractivity (Wildman–Crippen MR) is 74.0 cm³/mol. The monoisotopic (exact) mass is 289 g/mol. The molecule has 0 radical (unpaired) electrons. The number of aromatic nitrogens is 4. The Balaban J connectivity index is 2.18. The van der Waals surface area contributed by atoms with Crippen molar-refractivity contribution in [1.29, 1.82) is 0 Å². The first kappa shape index (κ1) is 12.6. The van der Waals surface area contributed by atoms with E-state index in [2.05, 4.69) is 15.5 Å². The van der Waals surface area contributed by atoms with Crippen molar-refractivity contribution in [3.05, 3.63) is 53.3 Å². The van der Waals surface area contributed by atoms with Crippen molar-refractivity contribution in [2.24, 2.45) is 0 Å². The molecule has 0 aliphatic rings. The summed E-state index contributed by atoms with van der Waals surface area (Å²) >= 11 is 6.17. The Hall–Kier alpha value is -2.47. The lowest BCUT2D eigenvalue weighted by Gasteiger charge is -2.07. The molecule has 0 unspecified atom stereocenters. The van der Waals surface area contributed by atoms with E-state index in [1.54, 1.807) is 30.3 Å². The smallest absolute Gasteiger partial charge is 0.188 e. The Bertz CT molecular complexity index is 771. The molecule has 0 saturated heterocycles. The van der Waals surface area contributed by atoms with Gasteiger partial charge in [-0.15, -0.1) is 5.10 Å². The quantitative estimate of drug-likeness (QED) is 0.736. The highest BCUT2D eigenvalue weighted by molar-refractivity contribution is 6.35. The molecule has 100 valence electrons. The molecule has 0 amide bonds.